The Labute approximate surface area is 132 Å². The minimum absolute atomic E-state index is 0.248. The van der Waals surface area contributed by atoms with Crippen molar-refractivity contribution >= 4 is 16.0 Å². The van der Waals surface area contributed by atoms with Gasteiger partial charge >= 0.3 is 0 Å². The van der Waals surface area contributed by atoms with Crippen LogP contribution in [0.15, 0.2) is 34.2 Å². The first-order valence-electron chi connectivity index (χ1n) is 6.99. The van der Waals surface area contributed by atoms with E-state index < -0.39 is 10.0 Å². The first-order valence-corrected chi connectivity index (χ1v) is 8.47. The van der Waals surface area contributed by atoms with Gasteiger partial charge in [0.25, 0.3) is 0 Å². The molecule has 0 saturated heterocycles. The van der Waals surface area contributed by atoms with Crippen LogP contribution in [0.2, 0.25) is 0 Å². The first-order chi connectivity index (χ1) is 10.5. The van der Waals surface area contributed by atoms with E-state index in [9.17, 15) is 8.42 Å². The summed E-state index contributed by atoms with van der Waals surface area (Å²) in [6.45, 7) is 1.92. The van der Waals surface area contributed by atoms with Crippen LogP contribution < -0.4 is 15.4 Å². The van der Waals surface area contributed by atoms with Gasteiger partial charge in [-0.1, -0.05) is 12.1 Å². The van der Waals surface area contributed by atoms with E-state index in [1.54, 1.807) is 32.4 Å². The maximum absolute atomic E-state index is 11.8. The molecular formula is C14H24N4O3S. The highest BCUT2D eigenvalue weighted by atomic mass is 32.2. The Bertz CT molecular complexity index is 588. The Kier molecular flexibility index (Phi) is 7.86. The first kappa shape index (κ1) is 18.4. The smallest absolute Gasteiger partial charge is 0.240 e. The van der Waals surface area contributed by atoms with Crippen LogP contribution in [0.25, 0.3) is 0 Å². The van der Waals surface area contributed by atoms with E-state index in [-0.39, 0.29) is 4.90 Å². The van der Waals surface area contributed by atoms with Crippen LogP contribution in [0.3, 0.4) is 0 Å². The van der Waals surface area contributed by atoms with Crippen molar-refractivity contribution in [3.05, 3.63) is 29.8 Å². The number of nitrogens with zero attached hydrogens (tertiary/aromatic N) is 1. The second kappa shape index (κ2) is 9.39. The molecule has 0 atom stereocenters. The minimum Gasteiger partial charge on any atom is -0.385 e. The molecule has 0 aliphatic heterocycles. The van der Waals surface area contributed by atoms with E-state index in [0.29, 0.717) is 19.1 Å². The van der Waals surface area contributed by atoms with Gasteiger partial charge in [0.05, 0.1) is 4.90 Å². The molecule has 0 fully saturated rings. The van der Waals surface area contributed by atoms with Gasteiger partial charge in [-0.05, 0) is 31.2 Å². The van der Waals surface area contributed by atoms with E-state index in [4.69, 9.17) is 4.74 Å². The van der Waals surface area contributed by atoms with Gasteiger partial charge in [0.1, 0.15) is 0 Å². The molecule has 0 amide bonds. The normalized spacial score (nSPS) is 12.2. The zero-order chi connectivity index (χ0) is 16.4. The van der Waals surface area contributed by atoms with Crippen LogP contribution in [0.5, 0.6) is 0 Å². The molecular weight excluding hydrogens is 304 g/mol. The van der Waals surface area contributed by atoms with Crippen LogP contribution in [0, 0.1) is 0 Å². The highest BCUT2D eigenvalue weighted by molar-refractivity contribution is 7.89. The monoisotopic (exact) mass is 328 g/mol. The van der Waals surface area contributed by atoms with Crippen molar-refractivity contribution in [2.75, 3.05) is 34.4 Å². The third kappa shape index (κ3) is 6.00. The second-order valence-electron chi connectivity index (χ2n) is 4.55. The molecule has 8 heteroatoms. The minimum atomic E-state index is -3.42. The number of rotatable bonds is 8. The van der Waals surface area contributed by atoms with E-state index >= 15 is 0 Å². The molecule has 22 heavy (non-hydrogen) atoms. The maximum Gasteiger partial charge on any atom is 0.240 e. The van der Waals surface area contributed by atoms with Gasteiger partial charge in [-0.2, -0.15) is 0 Å². The van der Waals surface area contributed by atoms with Crippen LogP contribution in [-0.2, 0) is 21.3 Å². The van der Waals surface area contributed by atoms with E-state index in [1.807, 2.05) is 6.07 Å². The van der Waals surface area contributed by atoms with Crippen molar-refractivity contribution in [1.82, 2.24) is 15.4 Å². The molecule has 7 nitrogen and oxygen atoms in total. The fourth-order valence-electron chi connectivity index (χ4n) is 1.77. The maximum atomic E-state index is 11.8. The van der Waals surface area contributed by atoms with Crippen molar-refractivity contribution in [2.45, 2.75) is 17.9 Å². The van der Waals surface area contributed by atoms with Crippen molar-refractivity contribution in [3.63, 3.8) is 0 Å². The summed E-state index contributed by atoms with van der Waals surface area (Å²) in [6, 6.07) is 6.78. The number of guanidine groups is 1. The van der Waals surface area contributed by atoms with Crippen molar-refractivity contribution in [1.29, 1.82) is 0 Å². The lowest BCUT2D eigenvalue weighted by atomic mass is 10.2. The molecule has 0 aliphatic rings. The quantitative estimate of drug-likeness (QED) is 0.363. The molecule has 0 radical (unpaired) electrons. The Hall–Kier alpha value is -1.64. The fourth-order valence-corrected chi connectivity index (χ4v) is 2.57. The van der Waals surface area contributed by atoms with Crippen LogP contribution in [-0.4, -0.2) is 48.7 Å². The van der Waals surface area contributed by atoms with Crippen molar-refractivity contribution in [2.24, 2.45) is 4.99 Å². The van der Waals surface area contributed by atoms with Crippen molar-refractivity contribution in [3.8, 4) is 0 Å². The molecule has 0 unspecified atom stereocenters. The molecule has 0 saturated carbocycles. The molecule has 1 aromatic carbocycles. The number of hydrogen-bond donors (Lipinski definition) is 3. The third-order valence-electron chi connectivity index (χ3n) is 2.98. The Balaban J connectivity index is 2.58. The Morgan fingerprint density at radius 2 is 2.09 bits per heavy atom. The van der Waals surface area contributed by atoms with Crippen molar-refractivity contribution < 1.29 is 13.2 Å². The highest BCUT2D eigenvalue weighted by Gasteiger charge is 2.11. The molecule has 1 rings (SSSR count). The molecule has 0 bridgehead atoms. The van der Waals surface area contributed by atoms with Gasteiger partial charge in [0.15, 0.2) is 5.96 Å². The summed E-state index contributed by atoms with van der Waals surface area (Å²) in [7, 11) is 1.33. The highest BCUT2D eigenvalue weighted by Crippen LogP contribution is 2.10. The number of methoxy groups -OCH3 is 1. The van der Waals surface area contributed by atoms with Gasteiger partial charge in [-0.25, -0.2) is 13.1 Å². The number of aliphatic imine (C=N–C) groups is 1. The predicted molar refractivity (Wildman–Crippen MR) is 87.4 cm³/mol. The van der Waals surface area contributed by atoms with Gasteiger partial charge < -0.3 is 15.4 Å². The summed E-state index contributed by atoms with van der Waals surface area (Å²) in [6.07, 6.45) is 0.882. The lowest BCUT2D eigenvalue weighted by Gasteiger charge is -2.12. The summed E-state index contributed by atoms with van der Waals surface area (Å²) in [4.78, 5) is 4.36. The van der Waals surface area contributed by atoms with E-state index in [1.165, 1.54) is 7.05 Å². The molecule has 124 valence electrons. The third-order valence-corrected chi connectivity index (χ3v) is 4.39. The zero-order valence-electron chi connectivity index (χ0n) is 13.2. The number of benzene rings is 1. The summed E-state index contributed by atoms with van der Waals surface area (Å²) >= 11 is 0. The van der Waals surface area contributed by atoms with Gasteiger partial charge in [-0.3, -0.25) is 4.99 Å². The largest absolute Gasteiger partial charge is 0.385 e. The number of hydrogen-bond acceptors (Lipinski definition) is 4. The lowest BCUT2D eigenvalue weighted by molar-refractivity contribution is 0.195. The molecule has 3 N–H and O–H groups in total. The zero-order valence-corrected chi connectivity index (χ0v) is 14.0. The van der Waals surface area contributed by atoms with Crippen LogP contribution >= 0.6 is 0 Å². The average Bonchev–Trinajstić information content (AvgIpc) is 2.54. The topological polar surface area (TPSA) is 91.8 Å². The lowest BCUT2D eigenvalue weighted by Crippen LogP contribution is -2.37. The van der Waals surface area contributed by atoms with E-state index in [2.05, 4.69) is 20.3 Å². The Morgan fingerprint density at radius 3 is 2.73 bits per heavy atom. The summed E-state index contributed by atoms with van der Waals surface area (Å²) < 4.78 is 30.8. The van der Waals surface area contributed by atoms with Crippen LogP contribution in [0.4, 0.5) is 0 Å². The number of nitrogens with one attached hydrogen (secondary N) is 3. The molecule has 0 aliphatic carbocycles. The molecule has 0 spiro atoms. The average molecular weight is 328 g/mol. The fraction of sp³-hybridized carbons (Fsp3) is 0.500. The number of ether oxygens (including phenoxy) is 1. The van der Waals surface area contributed by atoms with Gasteiger partial charge in [0, 0.05) is 33.9 Å². The second-order valence-corrected chi connectivity index (χ2v) is 6.44. The summed E-state index contributed by atoms with van der Waals surface area (Å²) in [5.74, 6) is 0.665. The number of sulfonamides is 1. The standard InChI is InChI=1S/C14H24N4O3S/c1-15-14(17-8-5-9-21-3)18-11-12-6-4-7-13(10-12)22(19,20)16-2/h4,6-7,10,16H,5,8-9,11H2,1-3H3,(H2,15,17,18). The molecule has 1 aromatic rings. The van der Waals surface area contributed by atoms with Gasteiger partial charge in [0.2, 0.25) is 10.0 Å². The molecule has 0 heterocycles. The Morgan fingerprint density at radius 1 is 1.32 bits per heavy atom. The summed E-state index contributed by atoms with van der Waals surface area (Å²) in [5.41, 5.74) is 0.858. The van der Waals surface area contributed by atoms with Crippen LogP contribution in [0.1, 0.15) is 12.0 Å². The summed E-state index contributed by atoms with van der Waals surface area (Å²) in [5, 5.41) is 6.30. The van der Waals surface area contributed by atoms with Gasteiger partial charge in [-0.15, -0.1) is 0 Å². The molecule has 0 aromatic heterocycles. The predicted octanol–water partition coefficient (Wildman–Crippen LogP) is 0.296. The SMILES string of the molecule is CN=C(NCCCOC)NCc1cccc(S(=O)(=O)NC)c1. The van der Waals surface area contributed by atoms with E-state index in [0.717, 1.165) is 18.5 Å².